The molecule has 0 aliphatic heterocycles. The van der Waals surface area contributed by atoms with Crippen molar-refractivity contribution in [3.8, 4) is 5.69 Å². The van der Waals surface area contributed by atoms with Crippen LogP contribution in [-0.2, 0) is 6.42 Å². The molecule has 0 spiro atoms. The summed E-state index contributed by atoms with van der Waals surface area (Å²) in [5.41, 5.74) is 2.59. The van der Waals surface area contributed by atoms with Gasteiger partial charge in [-0.3, -0.25) is 4.79 Å². The van der Waals surface area contributed by atoms with Crippen molar-refractivity contribution in [2.45, 2.75) is 26.2 Å². The van der Waals surface area contributed by atoms with Crippen LogP contribution in [0.15, 0.2) is 30.5 Å². The molecule has 0 atom stereocenters. The second-order valence-corrected chi connectivity index (χ2v) is 3.98. The van der Waals surface area contributed by atoms with Crippen LogP contribution in [0.4, 0.5) is 0 Å². The molecule has 1 aromatic heterocycles. The van der Waals surface area contributed by atoms with Crippen molar-refractivity contribution in [3.05, 3.63) is 41.7 Å². The average Bonchev–Trinajstić information content (AvgIpc) is 2.86. The predicted octanol–water partition coefficient (Wildman–Crippen LogP) is 2.42. The Bertz CT molecular complexity index is 488. The molecule has 0 saturated heterocycles. The third-order valence-corrected chi connectivity index (χ3v) is 2.65. The largest absolute Gasteiger partial charge is 0.296 e. The smallest absolute Gasteiger partial charge is 0.171 e. The molecule has 0 radical (unpaired) electrons. The van der Waals surface area contributed by atoms with Crippen LogP contribution >= 0.6 is 0 Å². The van der Waals surface area contributed by atoms with Gasteiger partial charge in [-0.2, -0.15) is 0 Å². The molecule has 0 fully saturated rings. The number of unbranched alkanes of at least 4 members (excludes halogenated alkanes) is 1. The number of aldehydes is 1. The first-order valence-corrected chi connectivity index (χ1v) is 5.80. The Hall–Kier alpha value is -1.97. The summed E-state index contributed by atoms with van der Waals surface area (Å²) in [6.07, 6.45) is 5.83. The van der Waals surface area contributed by atoms with Gasteiger partial charge in [0.1, 0.15) is 5.69 Å². The van der Waals surface area contributed by atoms with Gasteiger partial charge in [0.05, 0.1) is 11.9 Å². The summed E-state index contributed by atoms with van der Waals surface area (Å²) < 4.78 is 1.60. The zero-order valence-electron chi connectivity index (χ0n) is 9.84. The van der Waals surface area contributed by atoms with Gasteiger partial charge in [-0.15, -0.1) is 5.10 Å². The summed E-state index contributed by atoms with van der Waals surface area (Å²) in [4.78, 5) is 10.5. The summed E-state index contributed by atoms with van der Waals surface area (Å²) >= 11 is 0. The number of aryl methyl sites for hydroxylation is 1. The van der Waals surface area contributed by atoms with E-state index >= 15 is 0 Å². The van der Waals surface area contributed by atoms with Crippen molar-refractivity contribution < 1.29 is 4.79 Å². The number of carbonyl (C=O) groups is 1. The van der Waals surface area contributed by atoms with Crippen molar-refractivity contribution in [2.24, 2.45) is 0 Å². The summed E-state index contributed by atoms with van der Waals surface area (Å²) in [5.74, 6) is 0. The Labute approximate surface area is 100 Å². The first-order chi connectivity index (χ1) is 8.33. The lowest BCUT2D eigenvalue weighted by molar-refractivity contribution is 0.111. The van der Waals surface area contributed by atoms with E-state index in [9.17, 15) is 4.79 Å². The van der Waals surface area contributed by atoms with E-state index in [4.69, 9.17) is 0 Å². The second kappa shape index (κ2) is 5.39. The van der Waals surface area contributed by atoms with E-state index in [1.807, 2.05) is 12.1 Å². The Morgan fingerprint density at radius 1 is 1.29 bits per heavy atom. The van der Waals surface area contributed by atoms with E-state index in [0.717, 1.165) is 12.1 Å². The molecular formula is C13H15N3O. The van der Waals surface area contributed by atoms with Gasteiger partial charge in [-0.05, 0) is 30.5 Å². The fourth-order valence-electron chi connectivity index (χ4n) is 1.65. The first kappa shape index (κ1) is 11.5. The third kappa shape index (κ3) is 2.78. The fourth-order valence-corrected chi connectivity index (χ4v) is 1.65. The number of hydrogen-bond donors (Lipinski definition) is 0. The van der Waals surface area contributed by atoms with Crippen molar-refractivity contribution in [3.63, 3.8) is 0 Å². The molecule has 17 heavy (non-hydrogen) atoms. The number of carbonyl (C=O) groups excluding carboxylic acids is 1. The quantitative estimate of drug-likeness (QED) is 0.740. The van der Waals surface area contributed by atoms with Crippen LogP contribution in [0.1, 0.15) is 35.8 Å². The molecule has 0 saturated carbocycles. The minimum absolute atomic E-state index is 0.347. The van der Waals surface area contributed by atoms with Crippen LogP contribution in [0.25, 0.3) is 5.69 Å². The van der Waals surface area contributed by atoms with Crippen LogP contribution in [0, 0.1) is 0 Å². The van der Waals surface area contributed by atoms with E-state index in [1.165, 1.54) is 18.4 Å². The number of aromatic nitrogens is 3. The van der Waals surface area contributed by atoms with Crippen LogP contribution in [0.5, 0.6) is 0 Å². The van der Waals surface area contributed by atoms with E-state index in [0.29, 0.717) is 12.0 Å². The Balaban J connectivity index is 2.14. The highest BCUT2D eigenvalue weighted by Crippen LogP contribution is 2.10. The highest BCUT2D eigenvalue weighted by atomic mass is 16.1. The molecule has 0 unspecified atom stereocenters. The normalized spacial score (nSPS) is 10.4. The second-order valence-electron chi connectivity index (χ2n) is 3.98. The van der Waals surface area contributed by atoms with Crippen molar-refractivity contribution in [2.75, 3.05) is 0 Å². The van der Waals surface area contributed by atoms with Gasteiger partial charge in [-0.1, -0.05) is 30.7 Å². The average molecular weight is 229 g/mol. The predicted molar refractivity (Wildman–Crippen MR) is 65.4 cm³/mol. The maximum Gasteiger partial charge on any atom is 0.171 e. The lowest BCUT2D eigenvalue weighted by Crippen LogP contribution is -1.95. The zero-order chi connectivity index (χ0) is 12.1. The van der Waals surface area contributed by atoms with Crippen LogP contribution < -0.4 is 0 Å². The van der Waals surface area contributed by atoms with Crippen molar-refractivity contribution >= 4 is 6.29 Å². The summed E-state index contributed by atoms with van der Waals surface area (Å²) in [6.45, 7) is 2.19. The molecule has 4 nitrogen and oxygen atoms in total. The standard InChI is InChI=1S/C13H15N3O/c1-2-3-4-11-5-7-13(8-6-11)16-9-12(10-17)14-15-16/h5-10H,2-4H2,1H3. The highest BCUT2D eigenvalue weighted by molar-refractivity contribution is 5.70. The summed E-state index contributed by atoms with van der Waals surface area (Å²) in [5, 5.41) is 7.61. The summed E-state index contributed by atoms with van der Waals surface area (Å²) in [7, 11) is 0. The molecule has 4 heteroatoms. The molecule has 0 bridgehead atoms. The molecule has 1 heterocycles. The van der Waals surface area contributed by atoms with E-state index in [2.05, 4.69) is 29.4 Å². The maximum absolute atomic E-state index is 10.5. The minimum Gasteiger partial charge on any atom is -0.296 e. The number of nitrogens with zero attached hydrogens (tertiary/aromatic N) is 3. The number of rotatable bonds is 5. The molecular weight excluding hydrogens is 214 g/mol. The van der Waals surface area contributed by atoms with Crippen LogP contribution in [-0.4, -0.2) is 21.3 Å². The lowest BCUT2D eigenvalue weighted by atomic mass is 10.1. The molecule has 0 aliphatic rings. The molecule has 2 rings (SSSR count). The van der Waals surface area contributed by atoms with Crippen LogP contribution in [0.3, 0.4) is 0 Å². The van der Waals surface area contributed by atoms with Gasteiger partial charge in [0.25, 0.3) is 0 Å². The Morgan fingerprint density at radius 2 is 2.06 bits per heavy atom. The van der Waals surface area contributed by atoms with Gasteiger partial charge in [-0.25, -0.2) is 4.68 Å². The Kier molecular flexibility index (Phi) is 3.65. The van der Waals surface area contributed by atoms with Gasteiger partial charge in [0.15, 0.2) is 6.29 Å². The van der Waals surface area contributed by atoms with Gasteiger partial charge >= 0.3 is 0 Å². The fraction of sp³-hybridized carbons (Fsp3) is 0.308. The summed E-state index contributed by atoms with van der Waals surface area (Å²) in [6, 6.07) is 8.17. The molecule has 0 aliphatic carbocycles. The highest BCUT2D eigenvalue weighted by Gasteiger charge is 2.01. The number of benzene rings is 1. The van der Waals surface area contributed by atoms with Crippen LogP contribution in [0.2, 0.25) is 0 Å². The van der Waals surface area contributed by atoms with Crippen molar-refractivity contribution in [1.82, 2.24) is 15.0 Å². The third-order valence-electron chi connectivity index (χ3n) is 2.65. The number of hydrogen-bond acceptors (Lipinski definition) is 3. The van der Waals surface area contributed by atoms with Gasteiger partial charge in [0, 0.05) is 0 Å². The topological polar surface area (TPSA) is 47.8 Å². The van der Waals surface area contributed by atoms with E-state index in [-0.39, 0.29) is 0 Å². The SMILES string of the molecule is CCCCc1ccc(-n2cc(C=O)nn2)cc1. The minimum atomic E-state index is 0.347. The molecule has 0 amide bonds. The van der Waals surface area contributed by atoms with E-state index in [1.54, 1.807) is 10.9 Å². The maximum atomic E-state index is 10.5. The molecule has 88 valence electrons. The monoisotopic (exact) mass is 229 g/mol. The van der Waals surface area contributed by atoms with Gasteiger partial charge in [0.2, 0.25) is 0 Å². The van der Waals surface area contributed by atoms with Gasteiger partial charge < -0.3 is 0 Å². The van der Waals surface area contributed by atoms with E-state index < -0.39 is 0 Å². The zero-order valence-corrected chi connectivity index (χ0v) is 9.84. The van der Waals surface area contributed by atoms with Crippen molar-refractivity contribution in [1.29, 1.82) is 0 Å². The molecule has 2 aromatic rings. The lowest BCUT2D eigenvalue weighted by Gasteiger charge is -2.02. The molecule has 0 N–H and O–H groups in total. The first-order valence-electron chi connectivity index (χ1n) is 5.80. The Morgan fingerprint density at radius 3 is 2.65 bits per heavy atom. The molecule has 1 aromatic carbocycles.